The molecule has 0 radical (unpaired) electrons. The number of carbonyl (C=O) groups is 1. The average Bonchev–Trinajstić information content (AvgIpc) is 2.79. The van der Waals surface area contributed by atoms with Crippen molar-refractivity contribution in [1.29, 1.82) is 0 Å². The number of pyridine rings is 1. The summed E-state index contributed by atoms with van der Waals surface area (Å²) in [6.07, 6.45) is -1.80. The number of rotatable bonds is 4. The Hall–Kier alpha value is -1.89. The van der Waals surface area contributed by atoms with Gasteiger partial charge in [0.1, 0.15) is 11.4 Å². The predicted molar refractivity (Wildman–Crippen MR) is 70.2 cm³/mol. The Balaban J connectivity index is 2.34. The molecule has 0 aliphatic heterocycles. The fraction of sp³-hybridized carbons (Fsp3) is 0.308. The summed E-state index contributed by atoms with van der Waals surface area (Å²) in [6.45, 7) is 2.38. The van der Waals surface area contributed by atoms with E-state index in [0.29, 0.717) is 12.7 Å². The number of alkyl halides is 3. The lowest BCUT2D eigenvalue weighted by Crippen LogP contribution is -2.14. The van der Waals surface area contributed by atoms with Crippen molar-refractivity contribution in [2.45, 2.75) is 26.1 Å². The van der Waals surface area contributed by atoms with E-state index in [1.807, 2.05) is 6.92 Å². The first-order valence-corrected chi connectivity index (χ1v) is 6.51. The number of aryl methyl sites for hydroxylation is 1. The Labute approximate surface area is 123 Å². The molecule has 2 aromatic rings. The molecule has 0 aliphatic rings. The van der Waals surface area contributed by atoms with Gasteiger partial charge in [0.15, 0.2) is 0 Å². The van der Waals surface area contributed by atoms with Crippen molar-refractivity contribution in [3.8, 4) is 0 Å². The Bertz CT molecular complexity index is 650. The van der Waals surface area contributed by atoms with Crippen molar-refractivity contribution in [2.75, 3.05) is 0 Å². The van der Waals surface area contributed by atoms with Crippen molar-refractivity contribution in [3.05, 3.63) is 46.5 Å². The van der Waals surface area contributed by atoms with Gasteiger partial charge in [0.05, 0.1) is 16.8 Å². The van der Waals surface area contributed by atoms with Crippen LogP contribution >= 0.6 is 11.6 Å². The lowest BCUT2D eigenvalue weighted by Gasteiger charge is -2.08. The fourth-order valence-electron chi connectivity index (χ4n) is 1.79. The lowest BCUT2D eigenvalue weighted by atomic mass is 10.1. The molecule has 21 heavy (non-hydrogen) atoms. The van der Waals surface area contributed by atoms with E-state index < -0.39 is 17.5 Å². The molecule has 2 aromatic heterocycles. The van der Waals surface area contributed by atoms with Crippen LogP contribution in [0.4, 0.5) is 13.2 Å². The number of hydrogen-bond donors (Lipinski definition) is 0. The second kappa shape index (κ2) is 5.85. The molecule has 0 N–H and O–H groups in total. The number of carbonyl (C=O) groups excluding carboxylic acids is 1. The molecule has 2 heterocycles. The maximum absolute atomic E-state index is 12.5. The number of halogens is 4. The van der Waals surface area contributed by atoms with E-state index in [4.69, 9.17) is 11.6 Å². The van der Waals surface area contributed by atoms with E-state index in [9.17, 15) is 18.0 Å². The summed E-state index contributed by atoms with van der Waals surface area (Å²) in [4.78, 5) is 15.9. The van der Waals surface area contributed by atoms with Gasteiger partial charge in [0.2, 0.25) is 5.78 Å². The molecule has 0 unspecified atom stereocenters. The van der Waals surface area contributed by atoms with E-state index in [1.165, 1.54) is 10.9 Å². The maximum atomic E-state index is 12.5. The topological polar surface area (TPSA) is 47.8 Å². The van der Waals surface area contributed by atoms with Crippen molar-refractivity contribution >= 4 is 17.4 Å². The molecule has 0 saturated carbocycles. The van der Waals surface area contributed by atoms with Crippen LogP contribution in [-0.4, -0.2) is 20.5 Å². The van der Waals surface area contributed by atoms with Crippen LogP contribution in [0.3, 0.4) is 0 Å². The van der Waals surface area contributed by atoms with E-state index in [-0.39, 0.29) is 16.4 Å². The third-order valence-electron chi connectivity index (χ3n) is 2.77. The molecular formula is C13H11ClF3N3O. The van der Waals surface area contributed by atoms with Crippen LogP contribution < -0.4 is 0 Å². The molecule has 0 amide bonds. The molecule has 2 rings (SSSR count). The first-order chi connectivity index (χ1) is 9.84. The van der Waals surface area contributed by atoms with E-state index in [2.05, 4.69) is 10.1 Å². The van der Waals surface area contributed by atoms with Crippen LogP contribution in [0, 0.1) is 0 Å². The zero-order valence-electron chi connectivity index (χ0n) is 11.0. The summed E-state index contributed by atoms with van der Waals surface area (Å²) < 4.78 is 38.8. The highest BCUT2D eigenvalue weighted by molar-refractivity contribution is 6.34. The van der Waals surface area contributed by atoms with Crippen LogP contribution in [-0.2, 0) is 12.7 Å². The maximum Gasteiger partial charge on any atom is 0.417 e. The van der Waals surface area contributed by atoms with Gasteiger partial charge in [-0.2, -0.15) is 18.3 Å². The van der Waals surface area contributed by atoms with E-state index in [0.717, 1.165) is 18.6 Å². The van der Waals surface area contributed by atoms with Crippen molar-refractivity contribution < 1.29 is 18.0 Å². The minimum Gasteiger partial charge on any atom is -0.285 e. The number of nitrogens with zero attached hydrogens (tertiary/aromatic N) is 3. The third kappa shape index (κ3) is 3.24. The standard InChI is InChI=1S/C13H11ClF3N3O/c1-2-5-20-11(9(14)7-19-20)12(21)10-4-3-8(6-18-10)13(15,16)17/h3-4,6-7H,2,5H2,1H3. The number of ketones is 1. The molecule has 0 aliphatic carbocycles. The first kappa shape index (κ1) is 15.5. The van der Waals surface area contributed by atoms with Crippen molar-refractivity contribution in [2.24, 2.45) is 0 Å². The van der Waals surface area contributed by atoms with Crippen LogP contribution in [0.2, 0.25) is 5.02 Å². The predicted octanol–water partition coefficient (Wildman–Crippen LogP) is 3.59. The minimum absolute atomic E-state index is 0.109. The molecule has 112 valence electrons. The van der Waals surface area contributed by atoms with Gasteiger partial charge >= 0.3 is 6.18 Å². The van der Waals surface area contributed by atoms with E-state index in [1.54, 1.807) is 0 Å². The SMILES string of the molecule is CCCn1ncc(Cl)c1C(=O)c1ccc(C(F)(F)F)cn1. The molecule has 4 nitrogen and oxygen atoms in total. The second-order valence-corrected chi connectivity index (χ2v) is 4.73. The number of hydrogen-bond acceptors (Lipinski definition) is 3. The van der Waals surface area contributed by atoms with Crippen molar-refractivity contribution in [3.63, 3.8) is 0 Å². The van der Waals surface area contributed by atoms with Gasteiger partial charge in [-0.15, -0.1) is 0 Å². The van der Waals surface area contributed by atoms with Gasteiger partial charge in [0.25, 0.3) is 0 Å². The highest BCUT2D eigenvalue weighted by Gasteiger charge is 2.31. The minimum atomic E-state index is -4.49. The Kier molecular flexibility index (Phi) is 4.32. The van der Waals surface area contributed by atoms with Crippen LogP contribution in [0.25, 0.3) is 0 Å². The fourth-order valence-corrected chi connectivity index (χ4v) is 2.01. The molecule has 0 aromatic carbocycles. The summed E-state index contributed by atoms with van der Waals surface area (Å²) in [5.41, 5.74) is -0.888. The molecule has 0 fully saturated rings. The Morgan fingerprint density at radius 1 is 1.33 bits per heavy atom. The molecule has 0 spiro atoms. The average molecular weight is 318 g/mol. The Morgan fingerprint density at radius 3 is 2.57 bits per heavy atom. The molecule has 0 saturated heterocycles. The largest absolute Gasteiger partial charge is 0.417 e. The van der Waals surface area contributed by atoms with Gasteiger partial charge in [-0.25, -0.2) is 0 Å². The molecule has 8 heteroatoms. The first-order valence-electron chi connectivity index (χ1n) is 6.14. The highest BCUT2D eigenvalue weighted by Crippen LogP contribution is 2.28. The monoisotopic (exact) mass is 317 g/mol. The molecule has 0 bridgehead atoms. The van der Waals surface area contributed by atoms with Crippen LogP contribution in [0.1, 0.15) is 35.1 Å². The van der Waals surface area contributed by atoms with Crippen LogP contribution in [0.15, 0.2) is 24.5 Å². The summed E-state index contributed by atoms with van der Waals surface area (Å²) >= 11 is 5.92. The van der Waals surface area contributed by atoms with Gasteiger partial charge in [-0.1, -0.05) is 18.5 Å². The van der Waals surface area contributed by atoms with Crippen LogP contribution in [0.5, 0.6) is 0 Å². The molecule has 0 atom stereocenters. The summed E-state index contributed by atoms with van der Waals surface area (Å²) in [5.74, 6) is -0.556. The normalized spacial score (nSPS) is 11.7. The van der Waals surface area contributed by atoms with E-state index >= 15 is 0 Å². The zero-order valence-corrected chi connectivity index (χ0v) is 11.7. The Morgan fingerprint density at radius 2 is 2.05 bits per heavy atom. The molecular weight excluding hydrogens is 307 g/mol. The lowest BCUT2D eigenvalue weighted by molar-refractivity contribution is -0.137. The zero-order chi connectivity index (χ0) is 15.6. The summed E-state index contributed by atoms with van der Waals surface area (Å²) in [6, 6.07) is 1.85. The van der Waals surface area contributed by atoms with Gasteiger partial charge in [-0.3, -0.25) is 14.5 Å². The summed E-state index contributed by atoms with van der Waals surface area (Å²) in [7, 11) is 0. The number of aromatic nitrogens is 3. The van der Waals surface area contributed by atoms with Gasteiger partial charge in [0, 0.05) is 12.7 Å². The quantitative estimate of drug-likeness (QED) is 0.810. The smallest absolute Gasteiger partial charge is 0.285 e. The third-order valence-corrected chi connectivity index (χ3v) is 3.05. The second-order valence-electron chi connectivity index (χ2n) is 4.32. The van der Waals surface area contributed by atoms with Crippen molar-refractivity contribution in [1.82, 2.24) is 14.8 Å². The van der Waals surface area contributed by atoms with Gasteiger partial charge in [-0.05, 0) is 18.6 Å². The summed E-state index contributed by atoms with van der Waals surface area (Å²) in [5, 5.41) is 4.11. The highest BCUT2D eigenvalue weighted by atomic mass is 35.5. The van der Waals surface area contributed by atoms with Gasteiger partial charge < -0.3 is 0 Å².